The lowest BCUT2D eigenvalue weighted by molar-refractivity contribution is -0.147. The molecule has 1 atom stereocenters. The minimum Gasteiger partial charge on any atom is -0.452 e. The van der Waals surface area contributed by atoms with Gasteiger partial charge >= 0.3 is 12.3 Å². The topological polar surface area (TPSA) is 162 Å². The van der Waals surface area contributed by atoms with E-state index in [0.717, 1.165) is 16.8 Å². The van der Waals surface area contributed by atoms with Gasteiger partial charge in [0.25, 0.3) is 17.6 Å². The summed E-state index contributed by atoms with van der Waals surface area (Å²) in [6, 6.07) is 4.27. The molecule has 1 aliphatic rings. The summed E-state index contributed by atoms with van der Waals surface area (Å²) in [7, 11) is 2.44. The molecule has 0 saturated heterocycles. The van der Waals surface area contributed by atoms with Gasteiger partial charge in [0.05, 0.1) is 30.1 Å². The first-order valence-electron chi connectivity index (χ1n) is 11.8. The highest BCUT2D eigenvalue weighted by atomic mass is 127. The molecule has 42 heavy (non-hydrogen) atoms. The van der Waals surface area contributed by atoms with Crippen LogP contribution >= 0.6 is 34.2 Å². The van der Waals surface area contributed by atoms with Crippen molar-refractivity contribution in [2.45, 2.75) is 30.0 Å². The summed E-state index contributed by atoms with van der Waals surface area (Å²) in [4.78, 5) is 42.7. The fourth-order valence-electron chi connectivity index (χ4n) is 3.94. The van der Waals surface area contributed by atoms with Crippen LogP contribution in [0.2, 0.25) is 5.02 Å². The summed E-state index contributed by atoms with van der Waals surface area (Å²) in [5.74, 6) is -2.76. The third-order valence-corrected chi connectivity index (χ3v) is 6.88. The molecular weight excluding hydrogens is 700 g/mol. The Morgan fingerprint density at radius 3 is 2.69 bits per heavy atom. The number of carbonyl (C=O) groups is 3. The Bertz CT molecular complexity index is 1600. The number of halogens is 5. The number of methoxy groups -OCH3 is 1. The second-order valence-corrected chi connectivity index (χ2v) is 10.8. The quantitative estimate of drug-likeness (QED) is 0.222. The van der Waals surface area contributed by atoms with Crippen molar-refractivity contribution < 1.29 is 32.3 Å². The monoisotopic (exact) mass is 720 g/mol. The van der Waals surface area contributed by atoms with Crippen LogP contribution in [0.15, 0.2) is 47.3 Å². The number of pyridine rings is 1. The zero-order valence-corrected chi connectivity index (χ0v) is 24.9. The summed E-state index contributed by atoms with van der Waals surface area (Å²) >= 11 is 8.42. The van der Waals surface area contributed by atoms with Crippen LogP contribution in [0.4, 0.5) is 18.0 Å². The van der Waals surface area contributed by atoms with Crippen LogP contribution in [0.3, 0.4) is 0 Å². The average Bonchev–Trinajstić information content (AvgIpc) is 3.57. The van der Waals surface area contributed by atoms with E-state index in [1.165, 1.54) is 25.4 Å². The van der Waals surface area contributed by atoms with E-state index in [0.29, 0.717) is 10.3 Å². The van der Waals surface area contributed by atoms with Gasteiger partial charge in [0.2, 0.25) is 0 Å². The van der Waals surface area contributed by atoms with E-state index in [1.807, 2.05) is 6.08 Å². The molecule has 3 amide bonds. The van der Waals surface area contributed by atoms with E-state index in [9.17, 15) is 27.6 Å². The fraction of sp³-hybridized carbons (Fsp3) is 0.304. The molecule has 2 N–H and O–H groups in total. The number of nitrogens with one attached hydrogen (secondary N) is 2. The number of nitrogens with zero attached hydrogens (tertiary/aromatic N) is 8. The maximum absolute atomic E-state index is 13.7. The molecule has 3 aromatic rings. The Morgan fingerprint density at radius 2 is 2.02 bits per heavy atom. The normalized spacial score (nSPS) is 15.2. The molecular formula is C23H21ClF3IN10O4. The second-order valence-electron chi connectivity index (χ2n) is 8.75. The van der Waals surface area contributed by atoms with Gasteiger partial charge in [0.15, 0.2) is 5.82 Å². The van der Waals surface area contributed by atoms with Crippen LogP contribution in [0.25, 0.3) is 5.82 Å². The third-order valence-electron chi connectivity index (χ3n) is 5.79. The van der Waals surface area contributed by atoms with Gasteiger partial charge in [-0.25, -0.2) is 24.2 Å². The number of carbonyl (C=O) groups excluding carboxylic acids is 3. The number of amides is 3. The van der Waals surface area contributed by atoms with Gasteiger partial charge in [-0.05, 0) is 47.5 Å². The lowest BCUT2D eigenvalue weighted by atomic mass is 9.95. The number of hydrogen-bond acceptors (Lipinski definition) is 9. The van der Waals surface area contributed by atoms with Gasteiger partial charge in [-0.1, -0.05) is 40.3 Å². The number of ether oxygens (including phenoxy) is 1. The predicted molar refractivity (Wildman–Crippen MR) is 147 cm³/mol. The highest BCUT2D eigenvalue weighted by Crippen LogP contribution is 2.30. The van der Waals surface area contributed by atoms with E-state index >= 15 is 0 Å². The minimum atomic E-state index is -4.83. The Labute approximate surface area is 254 Å². The van der Waals surface area contributed by atoms with Gasteiger partial charge in [0, 0.05) is 22.7 Å². The molecule has 0 bridgehead atoms. The van der Waals surface area contributed by atoms with E-state index < -0.39 is 36.5 Å². The maximum Gasteiger partial charge on any atom is 0.453 e. The van der Waals surface area contributed by atoms with Crippen LogP contribution in [0.1, 0.15) is 35.4 Å². The van der Waals surface area contributed by atoms with Crippen molar-refractivity contribution in [1.82, 2.24) is 50.7 Å². The highest BCUT2D eigenvalue weighted by molar-refractivity contribution is 14.1. The smallest absolute Gasteiger partial charge is 0.452 e. The number of alkyl halides is 4. The van der Waals surface area contributed by atoms with Crippen molar-refractivity contribution in [1.29, 1.82) is 0 Å². The molecule has 0 spiro atoms. The van der Waals surface area contributed by atoms with Gasteiger partial charge in [-0.3, -0.25) is 15.0 Å². The van der Waals surface area contributed by atoms with E-state index in [4.69, 9.17) is 11.6 Å². The first kappa shape index (κ1) is 30.9. The van der Waals surface area contributed by atoms with E-state index in [1.54, 1.807) is 13.0 Å². The van der Waals surface area contributed by atoms with Crippen LogP contribution in [-0.4, -0.2) is 76.0 Å². The summed E-state index contributed by atoms with van der Waals surface area (Å²) in [5.41, 5.74) is 3.12. The van der Waals surface area contributed by atoms with Crippen LogP contribution < -0.4 is 10.7 Å². The van der Waals surface area contributed by atoms with Crippen LogP contribution in [0, 0.1) is 0 Å². The molecule has 3 aromatic heterocycles. The van der Waals surface area contributed by atoms with Crippen LogP contribution in [0.5, 0.6) is 0 Å². The number of allylic oxidation sites excluding steroid dienone is 2. The number of tetrazole rings is 1. The van der Waals surface area contributed by atoms with Crippen molar-refractivity contribution >= 4 is 52.1 Å². The van der Waals surface area contributed by atoms with Gasteiger partial charge in [-0.2, -0.15) is 18.3 Å². The Morgan fingerprint density at radius 1 is 1.29 bits per heavy atom. The minimum absolute atomic E-state index is 0.0189. The largest absolute Gasteiger partial charge is 0.453 e. The predicted octanol–water partition coefficient (Wildman–Crippen LogP) is 2.84. The van der Waals surface area contributed by atoms with Crippen LogP contribution in [-0.2, 0) is 22.3 Å². The number of rotatable bonds is 6. The Kier molecular flexibility index (Phi) is 9.14. The number of hydrazine groups is 1. The SMILES string of the molecule is COC(=O)N(C)NC(=O)C1=C(NC(=O)c2cc(Cn3nnnc3C(F)(F)F)nn2-c2ncccc2Cl)C(C)=CC(I)C1. The van der Waals surface area contributed by atoms with Crippen molar-refractivity contribution in [3.05, 3.63) is 69.6 Å². The van der Waals surface area contributed by atoms with Gasteiger partial charge in [0.1, 0.15) is 5.69 Å². The molecule has 4 rings (SSSR count). The number of aromatic nitrogens is 7. The van der Waals surface area contributed by atoms with Crippen molar-refractivity contribution in [3.8, 4) is 5.82 Å². The first-order chi connectivity index (χ1) is 19.8. The summed E-state index contributed by atoms with van der Waals surface area (Å²) < 4.78 is 46.0. The summed E-state index contributed by atoms with van der Waals surface area (Å²) in [5, 5.41) is 17.4. The lowest BCUT2D eigenvalue weighted by Gasteiger charge is -2.25. The van der Waals surface area contributed by atoms with Gasteiger partial charge in [-0.15, -0.1) is 5.10 Å². The lowest BCUT2D eigenvalue weighted by Crippen LogP contribution is -2.45. The third kappa shape index (κ3) is 6.69. The van der Waals surface area contributed by atoms with E-state index in [-0.39, 0.29) is 43.8 Å². The maximum atomic E-state index is 13.7. The first-order valence-corrected chi connectivity index (χ1v) is 13.5. The highest BCUT2D eigenvalue weighted by Gasteiger charge is 2.38. The molecule has 0 aliphatic heterocycles. The average molecular weight is 721 g/mol. The molecule has 14 nitrogen and oxygen atoms in total. The Hall–Kier alpha value is -4.07. The molecule has 0 fully saturated rings. The zero-order chi connectivity index (χ0) is 30.8. The molecule has 1 unspecified atom stereocenters. The molecule has 0 radical (unpaired) electrons. The second kappa shape index (κ2) is 12.4. The molecule has 19 heteroatoms. The van der Waals surface area contributed by atoms with Crippen molar-refractivity contribution in [2.24, 2.45) is 0 Å². The number of hydrogen-bond donors (Lipinski definition) is 2. The molecule has 3 heterocycles. The fourth-order valence-corrected chi connectivity index (χ4v) is 5.12. The summed E-state index contributed by atoms with van der Waals surface area (Å²) in [6.07, 6.45) is -2.20. The molecule has 0 saturated carbocycles. The summed E-state index contributed by atoms with van der Waals surface area (Å²) in [6.45, 7) is 1.15. The standard InChI is InChI=1S/C23H21ClF3IN10O4/c1-11-7-12(28)8-14(19(39)33-36(2)22(41)42-3)17(11)30-20(40)16-9-13(10-37-21(23(25,26)27)31-34-35-37)32-38(16)18-15(24)5-4-6-29-18/h4-7,9,12H,8,10H2,1-3H3,(H,30,40)(H,33,39). The Balaban J connectivity index is 1.73. The van der Waals surface area contributed by atoms with Crippen molar-refractivity contribution in [2.75, 3.05) is 14.2 Å². The molecule has 222 valence electrons. The van der Waals surface area contributed by atoms with E-state index in [2.05, 4.69) is 63.7 Å². The molecule has 0 aromatic carbocycles. The zero-order valence-electron chi connectivity index (χ0n) is 22.0. The van der Waals surface area contributed by atoms with Crippen molar-refractivity contribution in [3.63, 3.8) is 0 Å². The molecule has 1 aliphatic carbocycles. The van der Waals surface area contributed by atoms with Gasteiger partial charge < -0.3 is 10.1 Å².